The van der Waals surface area contributed by atoms with Crippen LogP contribution in [0.3, 0.4) is 0 Å². The summed E-state index contributed by atoms with van der Waals surface area (Å²) >= 11 is 0. The monoisotopic (exact) mass is 442 g/mol. The fourth-order valence-electron chi connectivity index (χ4n) is 3.66. The smallest absolute Gasteiger partial charge is 0.295 e. The van der Waals surface area contributed by atoms with Gasteiger partial charge in [0, 0.05) is 18.7 Å². The predicted octanol–water partition coefficient (Wildman–Crippen LogP) is 3.22. The van der Waals surface area contributed by atoms with E-state index in [1.165, 1.54) is 36.3 Å². The Balaban J connectivity index is 2.16. The number of carbonyl (C=O) groups excluding carboxylic acids is 2. The maximum Gasteiger partial charge on any atom is 0.295 e. The number of carbonyl (C=O) groups is 2. The summed E-state index contributed by atoms with van der Waals surface area (Å²) in [6, 6.07) is 9.43. The second-order valence-electron chi connectivity index (χ2n) is 7.65. The molecule has 1 amide bonds. The van der Waals surface area contributed by atoms with Crippen molar-refractivity contribution >= 4 is 17.4 Å². The first-order valence-corrected chi connectivity index (χ1v) is 10.3. The maximum atomic E-state index is 13.4. The summed E-state index contributed by atoms with van der Waals surface area (Å²) in [6.07, 6.45) is 0. The lowest BCUT2D eigenvalue weighted by Crippen LogP contribution is -2.35. The molecule has 170 valence electrons. The minimum Gasteiger partial charge on any atom is -0.507 e. The third kappa shape index (κ3) is 4.60. The molecule has 0 radical (unpaired) electrons. The van der Waals surface area contributed by atoms with E-state index in [2.05, 4.69) is 0 Å². The van der Waals surface area contributed by atoms with Gasteiger partial charge in [-0.1, -0.05) is 6.07 Å². The van der Waals surface area contributed by atoms with Gasteiger partial charge in [-0.2, -0.15) is 0 Å². The number of likely N-dealkylation sites (N-methyl/N-ethyl adjacent to an activating group) is 1. The molecule has 3 rings (SSSR count). The fraction of sp³-hybridized carbons (Fsp3) is 0.333. The van der Waals surface area contributed by atoms with Gasteiger partial charge in [0.15, 0.2) is 11.5 Å². The summed E-state index contributed by atoms with van der Waals surface area (Å²) in [5.41, 5.74) is 0.790. The average Bonchev–Trinajstić information content (AvgIpc) is 3.03. The first-order valence-electron chi connectivity index (χ1n) is 10.3. The molecule has 2 aromatic carbocycles. The van der Waals surface area contributed by atoms with Crippen LogP contribution >= 0.6 is 0 Å². The molecule has 1 aliphatic rings. The van der Waals surface area contributed by atoms with Crippen LogP contribution in [0.4, 0.5) is 4.39 Å². The number of benzene rings is 2. The molecular formula is C24H27FN2O5. The average molecular weight is 442 g/mol. The van der Waals surface area contributed by atoms with Crippen LogP contribution in [0.2, 0.25) is 0 Å². The lowest BCUT2D eigenvalue weighted by Gasteiger charge is -2.27. The molecule has 1 atom stereocenters. The van der Waals surface area contributed by atoms with Crippen LogP contribution in [0.25, 0.3) is 5.76 Å². The van der Waals surface area contributed by atoms with Gasteiger partial charge in [-0.05, 0) is 63.0 Å². The molecule has 0 saturated carbocycles. The van der Waals surface area contributed by atoms with Gasteiger partial charge in [0.1, 0.15) is 11.6 Å². The second-order valence-corrected chi connectivity index (χ2v) is 7.65. The fourth-order valence-corrected chi connectivity index (χ4v) is 3.66. The topological polar surface area (TPSA) is 79.3 Å². The van der Waals surface area contributed by atoms with E-state index in [-0.39, 0.29) is 23.4 Å². The van der Waals surface area contributed by atoms with E-state index in [1.807, 2.05) is 25.9 Å². The number of ketones is 1. The van der Waals surface area contributed by atoms with Crippen molar-refractivity contribution in [2.24, 2.45) is 0 Å². The van der Waals surface area contributed by atoms with Crippen molar-refractivity contribution < 1.29 is 28.6 Å². The number of amides is 1. The Bertz CT molecular complexity index is 1030. The molecule has 0 unspecified atom stereocenters. The number of nitrogens with zero attached hydrogens (tertiary/aromatic N) is 2. The van der Waals surface area contributed by atoms with Crippen LogP contribution in [0.5, 0.6) is 11.5 Å². The van der Waals surface area contributed by atoms with E-state index < -0.39 is 23.5 Å². The molecule has 1 heterocycles. The number of hydrogen-bond acceptors (Lipinski definition) is 6. The van der Waals surface area contributed by atoms with Crippen LogP contribution in [-0.4, -0.2) is 67.5 Å². The van der Waals surface area contributed by atoms with Crippen LogP contribution < -0.4 is 9.47 Å². The number of methoxy groups -OCH3 is 1. The Kier molecular flexibility index (Phi) is 7.15. The Morgan fingerprint density at radius 2 is 1.81 bits per heavy atom. The third-order valence-corrected chi connectivity index (χ3v) is 5.25. The van der Waals surface area contributed by atoms with Gasteiger partial charge >= 0.3 is 0 Å². The molecule has 8 heteroatoms. The number of halogens is 1. The van der Waals surface area contributed by atoms with E-state index in [9.17, 15) is 19.1 Å². The van der Waals surface area contributed by atoms with Gasteiger partial charge in [0.25, 0.3) is 11.7 Å². The Labute approximate surface area is 186 Å². The molecule has 1 fully saturated rings. The lowest BCUT2D eigenvalue weighted by atomic mass is 9.95. The van der Waals surface area contributed by atoms with Gasteiger partial charge in [-0.25, -0.2) is 4.39 Å². The highest BCUT2D eigenvalue weighted by Crippen LogP contribution is 2.41. The SMILES string of the molecule is CCOc1ccc([C@H]2C(=C(O)c3ccc(F)cc3)C(=O)C(=O)N2CCN(C)C)cc1OC. The number of aliphatic hydroxyl groups excluding tert-OH is 1. The lowest BCUT2D eigenvalue weighted by molar-refractivity contribution is -0.140. The molecular weight excluding hydrogens is 415 g/mol. The second kappa shape index (κ2) is 9.82. The van der Waals surface area contributed by atoms with E-state index in [0.717, 1.165) is 0 Å². The number of hydrogen-bond donors (Lipinski definition) is 1. The molecule has 1 saturated heterocycles. The number of Topliss-reactive ketones (excluding diaryl/α,β-unsaturated/α-hetero) is 1. The van der Waals surface area contributed by atoms with Gasteiger partial charge < -0.3 is 24.4 Å². The van der Waals surface area contributed by atoms with E-state index in [0.29, 0.717) is 30.2 Å². The van der Waals surface area contributed by atoms with Crippen molar-refractivity contribution in [2.75, 3.05) is 40.9 Å². The summed E-state index contributed by atoms with van der Waals surface area (Å²) in [6.45, 7) is 3.10. The number of likely N-dealkylation sites (tertiary alicyclic amines) is 1. The molecule has 2 aromatic rings. The molecule has 0 spiro atoms. The minimum absolute atomic E-state index is 0.0495. The zero-order chi connectivity index (χ0) is 23.4. The summed E-state index contributed by atoms with van der Waals surface area (Å²) in [5, 5.41) is 11.0. The largest absolute Gasteiger partial charge is 0.507 e. The van der Waals surface area contributed by atoms with Crippen molar-refractivity contribution in [3.63, 3.8) is 0 Å². The highest BCUT2D eigenvalue weighted by molar-refractivity contribution is 6.46. The van der Waals surface area contributed by atoms with Gasteiger partial charge in [0.05, 0.1) is 25.3 Å². The molecule has 7 nitrogen and oxygen atoms in total. The summed E-state index contributed by atoms with van der Waals surface area (Å²) < 4.78 is 24.4. The van der Waals surface area contributed by atoms with Crippen LogP contribution in [0.15, 0.2) is 48.0 Å². The molecule has 1 aliphatic heterocycles. The summed E-state index contributed by atoms with van der Waals surface area (Å²) in [7, 11) is 5.23. The first kappa shape index (κ1) is 23.3. The first-order chi connectivity index (χ1) is 15.3. The Morgan fingerprint density at radius 3 is 2.41 bits per heavy atom. The standard InChI is InChI=1S/C24H27FN2O5/c1-5-32-18-11-8-16(14-19(18)31-4)21-20(22(28)15-6-9-17(25)10-7-15)23(29)24(30)27(21)13-12-26(2)3/h6-11,14,21,28H,5,12-13H2,1-4H3/t21-/m0/s1. The van der Waals surface area contributed by atoms with E-state index in [1.54, 1.807) is 18.2 Å². The number of ether oxygens (including phenoxy) is 2. The number of aliphatic hydroxyl groups is 1. The molecule has 0 bridgehead atoms. The third-order valence-electron chi connectivity index (χ3n) is 5.25. The molecule has 0 aliphatic carbocycles. The van der Waals surface area contributed by atoms with Crippen molar-refractivity contribution in [1.29, 1.82) is 0 Å². The van der Waals surface area contributed by atoms with Crippen molar-refractivity contribution in [1.82, 2.24) is 9.80 Å². The normalized spacial score (nSPS) is 17.8. The molecule has 32 heavy (non-hydrogen) atoms. The Hall–Kier alpha value is -3.39. The zero-order valence-electron chi connectivity index (χ0n) is 18.6. The summed E-state index contributed by atoms with van der Waals surface area (Å²) in [5.74, 6) is -1.34. The number of rotatable bonds is 8. The predicted molar refractivity (Wildman–Crippen MR) is 118 cm³/mol. The highest BCUT2D eigenvalue weighted by atomic mass is 19.1. The maximum absolute atomic E-state index is 13.4. The van der Waals surface area contributed by atoms with Gasteiger partial charge in [-0.3, -0.25) is 9.59 Å². The highest BCUT2D eigenvalue weighted by Gasteiger charge is 2.46. The minimum atomic E-state index is -0.829. The van der Waals surface area contributed by atoms with Crippen molar-refractivity contribution in [3.05, 3.63) is 65.0 Å². The van der Waals surface area contributed by atoms with Crippen molar-refractivity contribution in [2.45, 2.75) is 13.0 Å². The molecule has 1 N–H and O–H groups in total. The van der Waals surface area contributed by atoms with Gasteiger partial charge in [-0.15, -0.1) is 0 Å². The quantitative estimate of drug-likeness (QED) is 0.384. The Morgan fingerprint density at radius 1 is 1.12 bits per heavy atom. The zero-order valence-corrected chi connectivity index (χ0v) is 18.6. The van der Waals surface area contributed by atoms with Crippen LogP contribution in [0.1, 0.15) is 24.1 Å². The molecule has 0 aromatic heterocycles. The van der Waals surface area contributed by atoms with Crippen LogP contribution in [0, 0.1) is 5.82 Å². The van der Waals surface area contributed by atoms with Crippen molar-refractivity contribution in [3.8, 4) is 11.5 Å². The van der Waals surface area contributed by atoms with E-state index >= 15 is 0 Å². The van der Waals surface area contributed by atoms with Crippen LogP contribution in [-0.2, 0) is 9.59 Å². The van der Waals surface area contributed by atoms with E-state index in [4.69, 9.17) is 9.47 Å². The van der Waals surface area contributed by atoms with Gasteiger partial charge in [0.2, 0.25) is 0 Å². The summed E-state index contributed by atoms with van der Waals surface area (Å²) in [4.78, 5) is 29.3.